The predicted molar refractivity (Wildman–Crippen MR) is 29.0 cm³/mol. The lowest BCUT2D eigenvalue weighted by atomic mass is 10.7. The highest BCUT2D eigenvalue weighted by Gasteiger charge is 1.94. The molecule has 0 radical (unpaired) electrons. The molecule has 4 nitrogen and oxygen atoms in total. The quantitative estimate of drug-likeness (QED) is 0.311. The molecule has 5 heteroatoms. The fourth-order valence-electron chi connectivity index (χ4n) is 0.282. The van der Waals surface area contributed by atoms with Gasteiger partial charge < -0.3 is 4.84 Å². The van der Waals surface area contributed by atoms with Gasteiger partial charge in [-0.15, -0.1) is 5.25 Å². The van der Waals surface area contributed by atoms with Crippen molar-refractivity contribution in [2.24, 2.45) is 0 Å². The summed E-state index contributed by atoms with van der Waals surface area (Å²) in [6.07, 6.45) is 2.89. The van der Waals surface area contributed by atoms with Gasteiger partial charge in [-0.05, 0) is 0 Å². The third-order valence-electron chi connectivity index (χ3n) is 0.581. The molecular formula is C3H4NO3P. The fourth-order valence-corrected chi connectivity index (χ4v) is 0.662. The zero-order chi connectivity index (χ0) is 5.82. The van der Waals surface area contributed by atoms with Gasteiger partial charge in [0.05, 0.1) is 8.35 Å². The van der Waals surface area contributed by atoms with Crippen LogP contribution in [0.4, 0.5) is 0 Å². The Labute approximate surface area is 47.5 Å². The monoisotopic (exact) mass is 133 g/mol. The van der Waals surface area contributed by atoms with Crippen LogP contribution < -0.4 is 5.25 Å². The Hall–Kier alpha value is -0.410. The Morgan fingerprint density at radius 3 is 3.12 bits per heavy atom. The number of hydrogen-bond donors (Lipinski definition) is 2. The molecule has 2 N–H and O–H groups in total. The summed E-state index contributed by atoms with van der Waals surface area (Å²) in [5.74, 6) is 0. The van der Waals surface area contributed by atoms with Crippen molar-refractivity contribution in [3.8, 4) is 0 Å². The van der Waals surface area contributed by atoms with Gasteiger partial charge in [-0.25, -0.2) is 5.26 Å². The van der Waals surface area contributed by atoms with Crippen LogP contribution in [0, 0.1) is 0 Å². The second-order valence-electron chi connectivity index (χ2n) is 1.05. The summed E-state index contributed by atoms with van der Waals surface area (Å²) >= 11 is 0. The topological polar surface area (TPSA) is 50.7 Å². The van der Waals surface area contributed by atoms with Gasteiger partial charge in [-0.2, -0.15) is 4.89 Å². The zero-order valence-electron chi connectivity index (χ0n) is 3.87. The second kappa shape index (κ2) is 2.79. The first kappa shape index (κ1) is 5.72. The van der Waals surface area contributed by atoms with Crippen LogP contribution in [0.15, 0.2) is 12.3 Å². The Balaban J connectivity index is 2.51. The van der Waals surface area contributed by atoms with E-state index in [-0.39, 0.29) is 0 Å². The molecule has 1 aliphatic rings. The van der Waals surface area contributed by atoms with E-state index in [9.17, 15) is 0 Å². The average molecular weight is 133 g/mol. The minimum absolute atomic E-state index is 0.413. The van der Waals surface area contributed by atoms with Crippen LogP contribution in [-0.2, 0) is 9.73 Å². The van der Waals surface area contributed by atoms with Crippen molar-refractivity contribution in [3.05, 3.63) is 12.3 Å². The summed E-state index contributed by atoms with van der Waals surface area (Å²) < 4.78 is 0. The van der Waals surface area contributed by atoms with Crippen LogP contribution >= 0.6 is 8.35 Å². The number of rotatable bonds is 1. The highest BCUT2D eigenvalue weighted by atomic mass is 31.1. The molecule has 0 atom stereocenters. The molecule has 0 aliphatic carbocycles. The fraction of sp³-hybridized carbons (Fsp3) is 0. The highest BCUT2D eigenvalue weighted by Crippen LogP contribution is 2.00. The van der Waals surface area contributed by atoms with Crippen molar-refractivity contribution in [1.29, 1.82) is 0 Å². The van der Waals surface area contributed by atoms with Crippen LogP contribution in [0.5, 0.6) is 0 Å². The van der Waals surface area contributed by atoms with E-state index in [1.807, 2.05) is 0 Å². The molecule has 0 aromatic heterocycles. The van der Waals surface area contributed by atoms with E-state index in [1.54, 1.807) is 0 Å². The lowest BCUT2D eigenvalue weighted by molar-refractivity contribution is -0.150. The summed E-state index contributed by atoms with van der Waals surface area (Å²) in [5, 5.41) is 10.4. The van der Waals surface area contributed by atoms with E-state index >= 15 is 0 Å². The minimum atomic E-state index is 0.413. The maximum Gasteiger partial charge on any atom is 0.157 e. The third-order valence-corrected chi connectivity index (χ3v) is 1.23. The summed E-state index contributed by atoms with van der Waals surface area (Å²) in [5.41, 5.74) is 0.413. The maximum atomic E-state index is 8.00. The molecule has 0 aromatic carbocycles. The van der Waals surface area contributed by atoms with Gasteiger partial charge in [-0.3, -0.25) is 0 Å². The molecule has 0 fully saturated rings. The second-order valence-corrected chi connectivity index (χ2v) is 1.90. The molecule has 0 saturated carbocycles. The number of hydrogen-bond acceptors (Lipinski definition) is 4. The van der Waals surface area contributed by atoms with Gasteiger partial charge in [-0.1, -0.05) is 0 Å². The SMILES string of the molecule is OOC1=PNOC=C1. The molecule has 0 bridgehead atoms. The van der Waals surface area contributed by atoms with Gasteiger partial charge in [0.25, 0.3) is 0 Å². The van der Waals surface area contributed by atoms with Crippen molar-refractivity contribution < 1.29 is 15.0 Å². The van der Waals surface area contributed by atoms with Crippen molar-refractivity contribution in [2.45, 2.75) is 0 Å². The summed E-state index contributed by atoms with van der Waals surface area (Å²) in [4.78, 5) is 8.41. The average Bonchev–Trinajstić information content (AvgIpc) is 1.90. The maximum absolute atomic E-state index is 8.00. The third kappa shape index (κ3) is 1.28. The molecule has 1 heterocycles. The number of nitrogens with one attached hydrogen (secondary N) is 1. The Bertz CT molecular complexity index is 132. The van der Waals surface area contributed by atoms with E-state index in [4.69, 9.17) is 5.26 Å². The molecule has 1 aliphatic heterocycles. The molecule has 8 heavy (non-hydrogen) atoms. The lowest BCUT2D eigenvalue weighted by Gasteiger charge is -2.01. The van der Waals surface area contributed by atoms with Crippen molar-refractivity contribution >= 4 is 13.8 Å². The normalized spacial score (nSPS) is 19.4. The highest BCUT2D eigenvalue weighted by molar-refractivity contribution is 7.38. The van der Waals surface area contributed by atoms with E-state index in [2.05, 4.69) is 15.0 Å². The zero-order valence-corrected chi connectivity index (χ0v) is 4.76. The standard InChI is InChI=1S/C3H4NO3P/c5-7-3-1-2-6-4-8-3/h1-2,4-5H. The first-order chi connectivity index (χ1) is 3.93. The van der Waals surface area contributed by atoms with Crippen LogP contribution in [0.1, 0.15) is 0 Å². The van der Waals surface area contributed by atoms with Crippen molar-refractivity contribution in [1.82, 2.24) is 5.25 Å². The molecule has 0 aromatic rings. The van der Waals surface area contributed by atoms with Crippen LogP contribution in [0.2, 0.25) is 0 Å². The van der Waals surface area contributed by atoms with Gasteiger partial charge in [0, 0.05) is 6.08 Å². The van der Waals surface area contributed by atoms with Gasteiger partial charge in [0.1, 0.15) is 6.26 Å². The Morgan fingerprint density at radius 1 is 1.88 bits per heavy atom. The molecular weight excluding hydrogens is 129 g/mol. The van der Waals surface area contributed by atoms with E-state index in [1.165, 1.54) is 12.3 Å². The van der Waals surface area contributed by atoms with Gasteiger partial charge in [0.2, 0.25) is 0 Å². The van der Waals surface area contributed by atoms with Crippen molar-refractivity contribution in [2.75, 3.05) is 0 Å². The van der Waals surface area contributed by atoms with Crippen LogP contribution in [-0.4, -0.2) is 10.7 Å². The molecule has 44 valence electrons. The smallest absolute Gasteiger partial charge is 0.157 e. The van der Waals surface area contributed by atoms with Gasteiger partial charge in [0.15, 0.2) is 5.48 Å². The molecule has 0 unspecified atom stereocenters. The van der Waals surface area contributed by atoms with Crippen molar-refractivity contribution in [3.63, 3.8) is 0 Å². The van der Waals surface area contributed by atoms with Crippen LogP contribution in [0.25, 0.3) is 0 Å². The van der Waals surface area contributed by atoms with Crippen LogP contribution in [0.3, 0.4) is 0 Å². The van der Waals surface area contributed by atoms with Gasteiger partial charge >= 0.3 is 0 Å². The molecule has 1 rings (SSSR count). The Kier molecular flexibility index (Phi) is 2.00. The lowest BCUT2D eigenvalue weighted by Crippen LogP contribution is -2.05. The van der Waals surface area contributed by atoms with E-state index in [0.29, 0.717) is 13.8 Å². The van der Waals surface area contributed by atoms with E-state index in [0.717, 1.165) is 0 Å². The molecule has 0 amide bonds. The Morgan fingerprint density at radius 2 is 2.75 bits per heavy atom. The summed E-state index contributed by atoms with van der Waals surface area (Å²) in [6, 6.07) is 0. The minimum Gasteiger partial charge on any atom is -0.408 e. The van der Waals surface area contributed by atoms with E-state index < -0.39 is 0 Å². The summed E-state index contributed by atoms with van der Waals surface area (Å²) in [6.45, 7) is 0. The first-order valence-corrected chi connectivity index (χ1v) is 2.79. The largest absolute Gasteiger partial charge is 0.408 e. The predicted octanol–water partition coefficient (Wildman–Crippen LogP) is 0.516. The molecule has 0 spiro atoms. The first-order valence-electron chi connectivity index (χ1n) is 1.90. The molecule has 0 saturated heterocycles. The summed E-state index contributed by atoms with van der Waals surface area (Å²) in [7, 11) is 0.613.